The molecule has 0 bridgehead atoms. The molecule has 0 spiro atoms. The van der Waals surface area contributed by atoms with Crippen LogP contribution in [0.3, 0.4) is 0 Å². The van der Waals surface area contributed by atoms with E-state index in [0.29, 0.717) is 6.04 Å². The maximum absolute atomic E-state index is 9.02. The van der Waals surface area contributed by atoms with E-state index in [1.54, 1.807) is 14.2 Å². The Balaban J connectivity index is 2.07. The fourth-order valence-corrected chi connectivity index (χ4v) is 2.56. The van der Waals surface area contributed by atoms with E-state index in [9.17, 15) is 0 Å². The van der Waals surface area contributed by atoms with Crippen LogP contribution in [-0.4, -0.2) is 27.0 Å². The molecule has 5 heteroatoms. The highest BCUT2D eigenvalue weighted by Crippen LogP contribution is 2.28. The molecule has 1 fully saturated rings. The van der Waals surface area contributed by atoms with Crippen molar-refractivity contribution >= 4 is 12.4 Å². The van der Waals surface area contributed by atoms with Gasteiger partial charge in [0.05, 0.1) is 14.2 Å². The predicted octanol–water partition coefficient (Wildman–Crippen LogP) is 2.84. The number of nitrogens with zero attached hydrogens (tertiary/aromatic N) is 1. The smallest absolute Gasteiger partial charge is 0.269 e. The molecule has 0 saturated carbocycles. The SMILES string of the molecule is COc1cc(NC2CCCB(C#N)C2)cc(OC)c1. The number of methoxy groups -OCH3 is 2. The fraction of sp³-hybridized carbons (Fsp3) is 0.500. The van der Waals surface area contributed by atoms with Crippen LogP contribution < -0.4 is 14.8 Å². The van der Waals surface area contributed by atoms with Gasteiger partial charge in [-0.2, -0.15) is 0 Å². The third-order valence-electron chi connectivity index (χ3n) is 3.58. The summed E-state index contributed by atoms with van der Waals surface area (Å²) >= 11 is 0. The minimum atomic E-state index is 0.179. The maximum atomic E-state index is 9.02. The molecule has 1 aromatic carbocycles. The van der Waals surface area contributed by atoms with Crippen molar-refractivity contribution in [2.45, 2.75) is 31.5 Å². The number of hydrogen-bond donors (Lipinski definition) is 1. The molecule has 4 nitrogen and oxygen atoms in total. The monoisotopic (exact) mass is 258 g/mol. The lowest BCUT2D eigenvalue weighted by atomic mass is 9.42. The van der Waals surface area contributed by atoms with Gasteiger partial charge in [-0.05, 0) is 12.7 Å². The van der Waals surface area contributed by atoms with Gasteiger partial charge in [-0.25, -0.2) is 5.26 Å². The van der Waals surface area contributed by atoms with Crippen LogP contribution in [0.25, 0.3) is 0 Å². The lowest BCUT2D eigenvalue weighted by molar-refractivity contribution is 0.394. The quantitative estimate of drug-likeness (QED) is 0.843. The first-order valence-electron chi connectivity index (χ1n) is 6.64. The van der Waals surface area contributed by atoms with E-state index in [4.69, 9.17) is 14.7 Å². The minimum absolute atomic E-state index is 0.179. The van der Waals surface area contributed by atoms with Crippen LogP contribution in [0.2, 0.25) is 12.6 Å². The summed E-state index contributed by atoms with van der Waals surface area (Å²) in [5.41, 5.74) is 0.986. The van der Waals surface area contributed by atoms with Crippen molar-refractivity contribution in [2.75, 3.05) is 19.5 Å². The normalized spacial score (nSPS) is 18.6. The molecule has 1 aliphatic rings. The molecule has 1 heterocycles. The van der Waals surface area contributed by atoms with Crippen LogP contribution in [0.5, 0.6) is 11.5 Å². The molecule has 19 heavy (non-hydrogen) atoms. The zero-order chi connectivity index (χ0) is 13.7. The molecular weight excluding hydrogens is 239 g/mol. The first-order valence-corrected chi connectivity index (χ1v) is 6.64. The van der Waals surface area contributed by atoms with Gasteiger partial charge in [-0.15, -0.1) is 0 Å². The van der Waals surface area contributed by atoms with Crippen molar-refractivity contribution < 1.29 is 9.47 Å². The number of ether oxygens (including phenoxy) is 2. The third kappa shape index (κ3) is 3.57. The van der Waals surface area contributed by atoms with E-state index in [1.165, 1.54) is 0 Å². The first kappa shape index (κ1) is 13.6. The van der Waals surface area contributed by atoms with Crippen molar-refractivity contribution in [3.05, 3.63) is 18.2 Å². The number of nitriles is 1. The highest BCUT2D eigenvalue weighted by atomic mass is 16.5. The summed E-state index contributed by atoms with van der Waals surface area (Å²) in [6, 6.07) is 6.12. The molecule has 0 aromatic heterocycles. The minimum Gasteiger partial charge on any atom is -0.497 e. The van der Waals surface area contributed by atoms with Crippen molar-refractivity contribution in [3.8, 4) is 17.5 Å². The molecule has 1 unspecified atom stereocenters. The van der Waals surface area contributed by atoms with Crippen LogP contribution in [0.1, 0.15) is 12.8 Å². The molecule has 1 saturated heterocycles. The van der Waals surface area contributed by atoms with Gasteiger partial charge in [0.1, 0.15) is 11.5 Å². The average molecular weight is 258 g/mol. The Hall–Kier alpha value is -1.83. The van der Waals surface area contributed by atoms with Crippen LogP contribution in [0.15, 0.2) is 18.2 Å². The van der Waals surface area contributed by atoms with Gasteiger partial charge in [-0.1, -0.05) is 12.7 Å². The largest absolute Gasteiger partial charge is 0.497 e. The topological polar surface area (TPSA) is 54.3 Å². The Kier molecular flexibility index (Phi) is 4.56. The van der Waals surface area contributed by atoms with Gasteiger partial charge in [0.2, 0.25) is 0 Å². The van der Waals surface area contributed by atoms with Gasteiger partial charge in [-0.3, -0.25) is 0 Å². The summed E-state index contributed by atoms with van der Waals surface area (Å²) in [5.74, 6) is 3.92. The molecular formula is C14H19BN2O2. The summed E-state index contributed by atoms with van der Waals surface area (Å²) in [6.45, 7) is 0.179. The van der Waals surface area contributed by atoms with Gasteiger partial charge >= 0.3 is 0 Å². The summed E-state index contributed by atoms with van der Waals surface area (Å²) in [4.78, 5) is 0. The summed E-state index contributed by atoms with van der Waals surface area (Å²) in [6.07, 6.45) is 4.15. The van der Waals surface area contributed by atoms with Crippen LogP contribution in [0, 0.1) is 11.2 Å². The Morgan fingerprint density at radius 2 is 1.95 bits per heavy atom. The predicted molar refractivity (Wildman–Crippen MR) is 77.2 cm³/mol. The first-order chi connectivity index (χ1) is 9.25. The second-order valence-corrected chi connectivity index (χ2v) is 4.94. The van der Waals surface area contributed by atoms with E-state index in [0.717, 1.165) is 42.7 Å². The Bertz CT molecular complexity index is 451. The van der Waals surface area contributed by atoms with Crippen molar-refractivity contribution in [2.24, 2.45) is 0 Å². The molecule has 1 aromatic rings. The summed E-state index contributed by atoms with van der Waals surface area (Å²) in [7, 11) is 3.29. The van der Waals surface area contributed by atoms with E-state index < -0.39 is 0 Å². The van der Waals surface area contributed by atoms with Crippen LogP contribution in [-0.2, 0) is 0 Å². The molecule has 0 radical (unpaired) electrons. The second-order valence-electron chi connectivity index (χ2n) is 4.94. The number of nitrogens with one attached hydrogen (secondary N) is 1. The summed E-state index contributed by atoms with van der Waals surface area (Å²) < 4.78 is 10.5. The lowest BCUT2D eigenvalue weighted by Crippen LogP contribution is -2.30. The number of hydrogen-bond acceptors (Lipinski definition) is 4. The lowest BCUT2D eigenvalue weighted by Gasteiger charge is -2.25. The zero-order valence-corrected chi connectivity index (χ0v) is 11.5. The van der Waals surface area contributed by atoms with Crippen molar-refractivity contribution in [1.29, 1.82) is 5.26 Å². The van der Waals surface area contributed by atoms with E-state index in [2.05, 4.69) is 11.3 Å². The van der Waals surface area contributed by atoms with Gasteiger partial charge in [0, 0.05) is 35.9 Å². The average Bonchev–Trinajstić information content (AvgIpc) is 2.47. The molecule has 100 valence electrons. The van der Waals surface area contributed by atoms with E-state index >= 15 is 0 Å². The third-order valence-corrected chi connectivity index (χ3v) is 3.58. The second kappa shape index (κ2) is 6.37. The Morgan fingerprint density at radius 1 is 1.26 bits per heavy atom. The Labute approximate surface area is 114 Å². The highest BCUT2D eigenvalue weighted by Gasteiger charge is 2.25. The standard InChI is InChI=1S/C14H19BN2O2/c1-18-13-6-12(7-14(8-13)19-2)17-11-4-3-5-15(9-11)10-16/h6-8,11,17H,3-5,9H2,1-2H3. The van der Waals surface area contributed by atoms with Gasteiger partial charge < -0.3 is 14.8 Å². The number of benzene rings is 1. The molecule has 1 N–H and O–H groups in total. The van der Waals surface area contributed by atoms with Gasteiger partial charge in [0.15, 0.2) is 0 Å². The highest BCUT2D eigenvalue weighted by molar-refractivity contribution is 6.67. The molecule has 1 atom stereocenters. The Morgan fingerprint density at radius 3 is 2.53 bits per heavy atom. The van der Waals surface area contributed by atoms with Crippen molar-refractivity contribution in [1.82, 2.24) is 0 Å². The fourth-order valence-electron chi connectivity index (χ4n) is 2.56. The molecule has 2 rings (SSSR count). The number of rotatable bonds is 4. The maximum Gasteiger partial charge on any atom is 0.269 e. The van der Waals surface area contributed by atoms with Crippen LogP contribution >= 0.6 is 0 Å². The van der Waals surface area contributed by atoms with E-state index in [-0.39, 0.29) is 6.71 Å². The number of anilines is 1. The van der Waals surface area contributed by atoms with Crippen LogP contribution in [0.4, 0.5) is 5.69 Å². The molecule has 0 amide bonds. The van der Waals surface area contributed by atoms with Gasteiger partial charge in [0.25, 0.3) is 6.71 Å². The zero-order valence-electron chi connectivity index (χ0n) is 11.5. The summed E-state index contributed by atoms with van der Waals surface area (Å²) in [5, 5.41) is 12.5. The molecule has 1 aliphatic heterocycles. The molecule has 0 aliphatic carbocycles. The van der Waals surface area contributed by atoms with E-state index in [1.807, 2.05) is 18.2 Å². The van der Waals surface area contributed by atoms with Crippen molar-refractivity contribution in [3.63, 3.8) is 0 Å².